The van der Waals surface area contributed by atoms with Gasteiger partial charge in [0.25, 0.3) is 36.1 Å². The summed E-state index contributed by atoms with van der Waals surface area (Å²) < 4.78 is 110. The second kappa shape index (κ2) is 33.9. The average molecular weight is 1160 g/mol. The number of rotatable bonds is 0. The Morgan fingerprint density at radius 3 is 1.33 bits per heavy atom. The molecule has 0 aliphatic heterocycles. The van der Waals surface area contributed by atoms with Gasteiger partial charge in [0.05, 0.1) is 28.2 Å². The van der Waals surface area contributed by atoms with E-state index in [1.54, 1.807) is 49.5 Å². The van der Waals surface area contributed by atoms with Gasteiger partial charge < -0.3 is 26.5 Å². The first kappa shape index (κ1) is 68.0. The van der Waals surface area contributed by atoms with E-state index in [1.165, 1.54) is 68.4 Å². The number of halogens is 6. The van der Waals surface area contributed by atoms with Gasteiger partial charge in [0.2, 0.25) is 0 Å². The van der Waals surface area contributed by atoms with E-state index < -0.39 is 36.1 Å². The lowest BCUT2D eigenvalue weighted by molar-refractivity contribution is 0.375. The van der Waals surface area contributed by atoms with Crippen LogP contribution in [0.25, 0.3) is 61.7 Å². The molecule has 75 heavy (non-hydrogen) atoms. The van der Waals surface area contributed by atoms with Crippen LogP contribution in [0.15, 0.2) is 79.0 Å². The van der Waals surface area contributed by atoms with Crippen LogP contribution in [0.4, 0.5) is 26.3 Å². The Morgan fingerprint density at radius 1 is 0.347 bits per heavy atom. The van der Waals surface area contributed by atoms with E-state index in [0.29, 0.717) is 50.2 Å². The first-order chi connectivity index (χ1) is 35.9. The molecule has 12 heterocycles. The molecule has 12 aromatic rings. The van der Waals surface area contributed by atoms with Crippen LogP contribution >= 0.6 is 68.0 Å². The van der Waals surface area contributed by atoms with Crippen molar-refractivity contribution >= 4 is 130 Å². The molecule has 0 saturated carbocycles. The summed E-state index contributed by atoms with van der Waals surface area (Å²) in [5, 5.41) is 5.81. The first-order valence-corrected chi connectivity index (χ1v) is 29.8. The summed E-state index contributed by atoms with van der Waals surface area (Å²) in [5.74, 6) is 0. The van der Waals surface area contributed by atoms with Crippen molar-refractivity contribution in [2.75, 3.05) is 0 Å². The van der Waals surface area contributed by atoms with Gasteiger partial charge in [0.1, 0.15) is 16.7 Å². The summed E-state index contributed by atoms with van der Waals surface area (Å²) in [6.07, 6.45) is 0. The molecule has 0 spiro atoms. The van der Waals surface area contributed by atoms with Gasteiger partial charge in [-0.15, -0.1) is 68.0 Å². The van der Waals surface area contributed by atoms with Gasteiger partial charge in [-0.3, -0.25) is 0 Å². The second-order valence-corrected chi connectivity index (χ2v) is 20.6. The highest BCUT2D eigenvalue weighted by molar-refractivity contribution is 7.20. The second-order valence-electron chi connectivity index (χ2n) is 14.1. The van der Waals surface area contributed by atoms with Crippen molar-refractivity contribution in [3.05, 3.63) is 137 Å². The Hall–Kier alpha value is -4.98. The molecule has 0 saturated heterocycles. The van der Waals surface area contributed by atoms with Gasteiger partial charge >= 0.3 is 0 Å². The molecule has 0 radical (unpaired) electrons. The molecular weight excluding hydrogens is 1090 g/mol. The highest BCUT2D eigenvalue weighted by Crippen LogP contribution is 2.35. The quantitative estimate of drug-likeness (QED) is 0.141. The molecule has 6 nitrogen and oxygen atoms in total. The molecule has 0 aromatic carbocycles. The van der Waals surface area contributed by atoms with Crippen molar-refractivity contribution in [3.8, 4) is 0 Å². The van der Waals surface area contributed by atoms with Crippen molar-refractivity contribution in [1.29, 1.82) is 0 Å². The van der Waals surface area contributed by atoms with Crippen molar-refractivity contribution < 1.29 is 52.8 Å². The van der Waals surface area contributed by atoms with Crippen molar-refractivity contribution in [2.24, 2.45) is 0 Å². The lowest BCUT2D eigenvalue weighted by Gasteiger charge is -1.84. The van der Waals surface area contributed by atoms with Crippen LogP contribution in [-0.4, -0.2) is 0 Å². The van der Waals surface area contributed by atoms with E-state index >= 15 is 0 Å². The number of aryl methyl sites for hydroxylation is 9. The molecule has 12 rings (SSSR count). The van der Waals surface area contributed by atoms with E-state index in [-0.39, 0.29) is 0 Å². The smallest absolute Gasteiger partial charge is 0.282 e. The van der Waals surface area contributed by atoms with Crippen molar-refractivity contribution in [2.45, 2.75) is 145 Å². The van der Waals surface area contributed by atoms with Gasteiger partial charge in [-0.1, -0.05) is 83.1 Å². The third-order valence-corrected chi connectivity index (χ3v) is 15.9. The number of furan rings is 6. The standard InChI is InChI=1S/3C8H7FOS.3C7H5FOS.6C2H6/c1-4-5(2)11-6-3-7(9)10-8(4)6;1-4-3-11-7-5(2)8(9)10-6(4)7;1-4-3-6-7(11-4)5(2)8(9)10-6;1-4-3-10-5-2-6(8)9-7(4)5;1-4-2-5-6(10-4)3-7(8)9-5;1-4-6-5(2-3-10-6)9-7(4)8;6*1-2/h3*3H,1-2H3;3*2-3H,1H3;6*1-2H3. The topological polar surface area (TPSA) is 78.8 Å². The zero-order valence-corrected chi connectivity index (χ0v) is 51.8. The molecule has 0 amide bonds. The predicted molar refractivity (Wildman–Crippen MR) is 315 cm³/mol. The molecule has 0 atom stereocenters. The highest BCUT2D eigenvalue weighted by atomic mass is 32.1. The minimum absolute atomic E-state index is 0.449. The summed E-state index contributed by atoms with van der Waals surface area (Å²) in [7, 11) is 0. The number of hydrogen-bond donors (Lipinski definition) is 0. The maximum absolute atomic E-state index is 12.8. The Kier molecular flexibility index (Phi) is 30.8. The number of hydrogen-bond acceptors (Lipinski definition) is 12. The fraction of sp³-hybridized carbons (Fsp3) is 0.368. The number of fused-ring (bicyclic) bond motifs is 6. The van der Waals surface area contributed by atoms with Crippen LogP contribution in [0, 0.1) is 98.4 Å². The van der Waals surface area contributed by atoms with Gasteiger partial charge in [-0.2, -0.15) is 26.3 Å². The van der Waals surface area contributed by atoms with E-state index in [4.69, 9.17) is 26.5 Å². The van der Waals surface area contributed by atoms with Crippen LogP contribution in [-0.2, 0) is 0 Å². The summed E-state index contributed by atoms with van der Waals surface area (Å²) >= 11 is 9.20. The molecule has 0 unspecified atom stereocenters. The fourth-order valence-corrected chi connectivity index (χ4v) is 11.5. The third kappa shape index (κ3) is 18.1. The molecule has 414 valence electrons. The Balaban J connectivity index is 0.000000432. The Labute approximate surface area is 461 Å². The summed E-state index contributed by atoms with van der Waals surface area (Å²) in [6, 6.07) is 6.87. The largest absolute Gasteiger partial charge is 0.430 e. The van der Waals surface area contributed by atoms with E-state index in [9.17, 15) is 26.3 Å². The van der Waals surface area contributed by atoms with E-state index in [1.807, 2.05) is 153 Å². The minimum Gasteiger partial charge on any atom is -0.430 e. The average Bonchev–Trinajstić information content (AvgIpc) is 4.30. The molecule has 0 aliphatic carbocycles. The van der Waals surface area contributed by atoms with Crippen LogP contribution in [0.2, 0.25) is 0 Å². The van der Waals surface area contributed by atoms with Gasteiger partial charge in [0, 0.05) is 66.2 Å². The van der Waals surface area contributed by atoms with Crippen molar-refractivity contribution in [3.63, 3.8) is 0 Å². The van der Waals surface area contributed by atoms with Crippen LogP contribution < -0.4 is 0 Å². The summed E-state index contributed by atoms with van der Waals surface area (Å²) in [4.78, 5) is 3.49. The maximum Gasteiger partial charge on any atom is 0.282 e. The summed E-state index contributed by atoms with van der Waals surface area (Å²) in [6.45, 7) is 40.9. The molecule has 0 fully saturated rings. The first-order valence-electron chi connectivity index (χ1n) is 24.7. The maximum atomic E-state index is 12.8. The molecular formula is C57H72F6O6S6. The van der Waals surface area contributed by atoms with E-state index in [2.05, 4.69) is 0 Å². The third-order valence-electron chi connectivity index (χ3n) is 9.35. The monoisotopic (exact) mass is 1160 g/mol. The van der Waals surface area contributed by atoms with Crippen LogP contribution in [0.5, 0.6) is 0 Å². The molecule has 0 bridgehead atoms. The zero-order chi connectivity index (χ0) is 57.4. The van der Waals surface area contributed by atoms with E-state index in [0.717, 1.165) is 54.6 Å². The minimum atomic E-state index is -0.499. The van der Waals surface area contributed by atoms with Crippen LogP contribution in [0.1, 0.15) is 131 Å². The molecule has 12 aromatic heterocycles. The molecule has 0 aliphatic rings. The fourth-order valence-electron chi connectivity index (χ4n) is 6.00. The normalized spacial score (nSPS) is 9.80. The summed E-state index contributed by atoms with van der Waals surface area (Å²) in [5.41, 5.74) is 8.98. The predicted octanol–water partition coefficient (Wildman–Crippen LogP) is 24.7. The zero-order valence-electron chi connectivity index (χ0n) is 46.9. The van der Waals surface area contributed by atoms with Crippen LogP contribution in [0.3, 0.4) is 0 Å². The molecule has 0 N–H and O–H groups in total. The highest BCUT2D eigenvalue weighted by Gasteiger charge is 2.14. The van der Waals surface area contributed by atoms with Gasteiger partial charge in [-0.05, 0) is 96.7 Å². The van der Waals surface area contributed by atoms with Gasteiger partial charge in [-0.25, -0.2) is 0 Å². The number of thiophene rings is 6. The lowest BCUT2D eigenvalue weighted by atomic mass is 10.3. The SMILES string of the molecule is CC.CC.CC.CC.CC.CC.Cc1c(F)oc2ccsc12.Cc1cc2oc(F)c(C)c2s1.Cc1cc2oc(F)cc2s1.Cc1csc2c(C)c(F)oc12.Cc1csc2cc(F)oc12.Cc1sc2cc(F)oc2c1C. The van der Waals surface area contributed by atoms with Gasteiger partial charge in [0.15, 0.2) is 16.7 Å². The van der Waals surface area contributed by atoms with Crippen molar-refractivity contribution in [1.82, 2.24) is 0 Å². The Morgan fingerprint density at radius 2 is 0.800 bits per heavy atom. The molecule has 18 heteroatoms. The lowest BCUT2D eigenvalue weighted by Crippen LogP contribution is -1.67. The Bertz CT molecular complexity index is 3310.